The van der Waals surface area contributed by atoms with Crippen LogP contribution in [0.1, 0.15) is 63.1 Å². The van der Waals surface area contributed by atoms with Crippen LogP contribution in [0.25, 0.3) is 0 Å². The van der Waals surface area contributed by atoms with Gasteiger partial charge in [-0.2, -0.15) is 0 Å². The van der Waals surface area contributed by atoms with Crippen molar-refractivity contribution >= 4 is 0 Å². The van der Waals surface area contributed by atoms with Crippen molar-refractivity contribution in [2.45, 2.75) is 58.0 Å². The lowest BCUT2D eigenvalue weighted by molar-refractivity contribution is 0.151. The highest BCUT2D eigenvalue weighted by molar-refractivity contribution is 5.26. The van der Waals surface area contributed by atoms with E-state index in [9.17, 15) is 0 Å². The SMILES string of the molecule is CC(C)c1ccc(C(N)CN2CCCCC2C)cc1. The lowest BCUT2D eigenvalue weighted by atomic mass is 9.98. The molecule has 2 heteroatoms. The molecule has 0 aromatic heterocycles. The highest BCUT2D eigenvalue weighted by atomic mass is 15.2. The molecular weight excluding hydrogens is 232 g/mol. The maximum atomic E-state index is 6.37. The first kappa shape index (κ1) is 14.5. The minimum atomic E-state index is 0.141. The number of hydrogen-bond donors (Lipinski definition) is 1. The van der Waals surface area contributed by atoms with E-state index in [1.54, 1.807) is 0 Å². The molecule has 0 spiro atoms. The molecule has 1 fully saturated rings. The lowest BCUT2D eigenvalue weighted by Crippen LogP contribution is -2.41. The van der Waals surface area contributed by atoms with Gasteiger partial charge in [0, 0.05) is 18.6 Å². The summed E-state index contributed by atoms with van der Waals surface area (Å²) in [5.41, 5.74) is 9.03. The van der Waals surface area contributed by atoms with Crippen LogP contribution in [0.3, 0.4) is 0 Å². The molecule has 2 N–H and O–H groups in total. The number of rotatable bonds is 4. The minimum Gasteiger partial charge on any atom is -0.323 e. The van der Waals surface area contributed by atoms with E-state index in [0.29, 0.717) is 12.0 Å². The molecule has 2 nitrogen and oxygen atoms in total. The van der Waals surface area contributed by atoms with Gasteiger partial charge >= 0.3 is 0 Å². The molecular formula is C17H28N2. The second kappa shape index (κ2) is 6.53. The first-order valence-electron chi connectivity index (χ1n) is 7.67. The van der Waals surface area contributed by atoms with Crippen LogP contribution in [0, 0.1) is 0 Å². The number of likely N-dealkylation sites (tertiary alicyclic amines) is 1. The Morgan fingerprint density at radius 1 is 1.16 bits per heavy atom. The van der Waals surface area contributed by atoms with Gasteiger partial charge in [-0.15, -0.1) is 0 Å². The van der Waals surface area contributed by atoms with Crippen LogP contribution >= 0.6 is 0 Å². The number of piperidine rings is 1. The Labute approximate surface area is 118 Å². The van der Waals surface area contributed by atoms with E-state index in [0.717, 1.165) is 6.54 Å². The van der Waals surface area contributed by atoms with Gasteiger partial charge in [0.2, 0.25) is 0 Å². The molecule has 0 aliphatic carbocycles. The van der Waals surface area contributed by atoms with Gasteiger partial charge < -0.3 is 5.73 Å². The highest BCUT2D eigenvalue weighted by Gasteiger charge is 2.20. The summed E-state index contributed by atoms with van der Waals surface area (Å²) < 4.78 is 0. The molecule has 1 saturated heterocycles. The standard InChI is InChI=1S/C17H28N2/c1-13(2)15-7-9-16(10-8-15)17(18)12-19-11-5-4-6-14(19)3/h7-10,13-14,17H,4-6,11-12,18H2,1-3H3. The van der Waals surface area contributed by atoms with Crippen molar-refractivity contribution in [3.63, 3.8) is 0 Å². The van der Waals surface area contributed by atoms with Crippen molar-refractivity contribution in [3.05, 3.63) is 35.4 Å². The number of hydrogen-bond acceptors (Lipinski definition) is 2. The molecule has 1 heterocycles. The van der Waals surface area contributed by atoms with E-state index < -0.39 is 0 Å². The fraction of sp³-hybridized carbons (Fsp3) is 0.647. The van der Waals surface area contributed by atoms with Gasteiger partial charge in [-0.3, -0.25) is 4.90 Å². The predicted octanol–water partition coefficient (Wildman–Crippen LogP) is 3.68. The van der Waals surface area contributed by atoms with E-state index >= 15 is 0 Å². The summed E-state index contributed by atoms with van der Waals surface area (Å²) in [7, 11) is 0. The third kappa shape index (κ3) is 3.80. The molecule has 0 saturated carbocycles. The van der Waals surface area contributed by atoms with Crippen molar-refractivity contribution in [2.75, 3.05) is 13.1 Å². The zero-order valence-electron chi connectivity index (χ0n) is 12.6. The average Bonchev–Trinajstić information content (AvgIpc) is 2.41. The molecule has 19 heavy (non-hydrogen) atoms. The first-order valence-corrected chi connectivity index (χ1v) is 7.67. The van der Waals surface area contributed by atoms with Crippen LogP contribution in [0.2, 0.25) is 0 Å². The lowest BCUT2D eigenvalue weighted by Gasteiger charge is -2.35. The van der Waals surface area contributed by atoms with Crippen molar-refractivity contribution in [1.82, 2.24) is 4.90 Å². The summed E-state index contributed by atoms with van der Waals surface area (Å²) in [6, 6.07) is 9.68. The maximum Gasteiger partial charge on any atom is 0.0424 e. The zero-order chi connectivity index (χ0) is 13.8. The Bertz CT molecular complexity index is 383. The second-order valence-electron chi connectivity index (χ2n) is 6.27. The summed E-state index contributed by atoms with van der Waals surface area (Å²) in [4.78, 5) is 2.55. The van der Waals surface area contributed by atoms with E-state index in [1.165, 1.54) is 36.9 Å². The Balaban J connectivity index is 1.97. The van der Waals surface area contributed by atoms with Gasteiger partial charge in [-0.05, 0) is 43.4 Å². The molecule has 1 aliphatic heterocycles. The number of benzene rings is 1. The molecule has 1 aromatic carbocycles. The summed E-state index contributed by atoms with van der Waals surface area (Å²) in [5, 5.41) is 0. The van der Waals surface area contributed by atoms with E-state index in [1.807, 2.05) is 0 Å². The highest BCUT2D eigenvalue weighted by Crippen LogP contribution is 2.21. The topological polar surface area (TPSA) is 29.3 Å². The first-order chi connectivity index (χ1) is 9.08. The quantitative estimate of drug-likeness (QED) is 0.894. The van der Waals surface area contributed by atoms with Gasteiger partial charge in [-0.25, -0.2) is 0 Å². The largest absolute Gasteiger partial charge is 0.323 e. The van der Waals surface area contributed by atoms with Crippen molar-refractivity contribution in [2.24, 2.45) is 5.73 Å². The van der Waals surface area contributed by atoms with Gasteiger partial charge in [-0.1, -0.05) is 44.5 Å². The van der Waals surface area contributed by atoms with Crippen molar-refractivity contribution < 1.29 is 0 Å². The number of nitrogens with two attached hydrogens (primary N) is 1. The van der Waals surface area contributed by atoms with Crippen molar-refractivity contribution in [1.29, 1.82) is 0 Å². The summed E-state index contributed by atoms with van der Waals surface area (Å²) in [5.74, 6) is 0.590. The van der Waals surface area contributed by atoms with E-state index in [2.05, 4.69) is 49.9 Å². The Hall–Kier alpha value is -0.860. The smallest absolute Gasteiger partial charge is 0.0424 e. The van der Waals surface area contributed by atoms with Gasteiger partial charge in [0.25, 0.3) is 0 Å². The Morgan fingerprint density at radius 2 is 1.79 bits per heavy atom. The van der Waals surface area contributed by atoms with E-state index in [-0.39, 0.29) is 6.04 Å². The third-order valence-electron chi connectivity index (χ3n) is 4.40. The van der Waals surface area contributed by atoms with E-state index in [4.69, 9.17) is 5.73 Å². The molecule has 0 radical (unpaired) electrons. The minimum absolute atomic E-state index is 0.141. The van der Waals surface area contributed by atoms with Gasteiger partial charge in [0.15, 0.2) is 0 Å². The second-order valence-corrected chi connectivity index (χ2v) is 6.27. The molecule has 2 rings (SSSR count). The molecule has 2 atom stereocenters. The van der Waals surface area contributed by atoms with Crippen LogP contribution in [0.15, 0.2) is 24.3 Å². The Morgan fingerprint density at radius 3 is 2.37 bits per heavy atom. The fourth-order valence-corrected chi connectivity index (χ4v) is 2.91. The molecule has 106 valence electrons. The summed E-state index contributed by atoms with van der Waals surface area (Å²) >= 11 is 0. The molecule has 1 aliphatic rings. The maximum absolute atomic E-state index is 6.37. The van der Waals surface area contributed by atoms with Crippen LogP contribution in [0.4, 0.5) is 0 Å². The van der Waals surface area contributed by atoms with Crippen LogP contribution < -0.4 is 5.73 Å². The summed E-state index contributed by atoms with van der Waals surface area (Å²) in [6.07, 6.45) is 4.01. The molecule has 0 bridgehead atoms. The average molecular weight is 260 g/mol. The Kier molecular flexibility index (Phi) is 5.00. The molecule has 1 aromatic rings. The van der Waals surface area contributed by atoms with Crippen LogP contribution in [-0.2, 0) is 0 Å². The monoisotopic (exact) mass is 260 g/mol. The predicted molar refractivity (Wildman–Crippen MR) is 82.3 cm³/mol. The van der Waals surface area contributed by atoms with Gasteiger partial charge in [0.05, 0.1) is 0 Å². The molecule has 2 unspecified atom stereocenters. The third-order valence-corrected chi connectivity index (χ3v) is 4.40. The van der Waals surface area contributed by atoms with Gasteiger partial charge in [0.1, 0.15) is 0 Å². The normalized spacial score (nSPS) is 22.7. The zero-order valence-corrected chi connectivity index (χ0v) is 12.6. The van der Waals surface area contributed by atoms with Crippen molar-refractivity contribution in [3.8, 4) is 0 Å². The number of nitrogens with zero attached hydrogens (tertiary/aromatic N) is 1. The summed E-state index contributed by atoms with van der Waals surface area (Å²) in [6.45, 7) is 8.98. The fourth-order valence-electron chi connectivity index (χ4n) is 2.91. The molecule has 0 amide bonds. The van der Waals surface area contributed by atoms with Crippen LogP contribution in [-0.4, -0.2) is 24.0 Å². The van der Waals surface area contributed by atoms with Crippen LogP contribution in [0.5, 0.6) is 0 Å².